The number of aliphatic hydroxyl groups excluding tert-OH is 1. The fraction of sp³-hybridized carbons (Fsp3) is 0.200. The van der Waals surface area contributed by atoms with Crippen molar-refractivity contribution in [1.82, 2.24) is 4.98 Å². The number of benzene rings is 2. The maximum absolute atomic E-state index is 13.8. The van der Waals surface area contributed by atoms with Gasteiger partial charge in [0, 0.05) is 23.5 Å². The van der Waals surface area contributed by atoms with Crippen LogP contribution in [0.3, 0.4) is 0 Å². The number of Topliss-reactive ketones (excluding diaryl/α,β-unsaturated/α-hetero) is 1. The van der Waals surface area contributed by atoms with Crippen LogP contribution in [-0.4, -0.2) is 41.5 Å². The fourth-order valence-corrected chi connectivity index (χ4v) is 4.48. The lowest BCUT2D eigenvalue weighted by Crippen LogP contribution is -2.31. The first-order valence-electron chi connectivity index (χ1n) is 12.3. The Morgan fingerprint density at radius 2 is 1.87 bits per heavy atom. The minimum Gasteiger partial charge on any atom is -0.503 e. The van der Waals surface area contributed by atoms with Gasteiger partial charge in [-0.2, -0.15) is 0 Å². The second-order valence-electron chi connectivity index (χ2n) is 9.48. The number of fused-ring (bicyclic) bond motifs is 1. The molecule has 0 bridgehead atoms. The Labute approximate surface area is 224 Å². The highest BCUT2D eigenvalue weighted by Gasteiger charge is 2.45. The highest BCUT2D eigenvalue weighted by molar-refractivity contribution is 6.20. The molecule has 0 fully saturated rings. The summed E-state index contributed by atoms with van der Waals surface area (Å²) in [5.41, 5.74) is 1.42. The average molecular weight is 527 g/mol. The number of aliphatic hydroxyl groups is 1. The second-order valence-corrected chi connectivity index (χ2v) is 9.48. The van der Waals surface area contributed by atoms with E-state index >= 15 is 0 Å². The molecule has 0 spiro atoms. The smallest absolute Gasteiger partial charge is 0.338 e. The number of furan rings is 1. The molecule has 0 radical (unpaired) electrons. The van der Waals surface area contributed by atoms with Gasteiger partial charge in [-0.3, -0.25) is 19.5 Å². The summed E-state index contributed by atoms with van der Waals surface area (Å²) in [6, 6.07) is 15.4. The van der Waals surface area contributed by atoms with Crippen molar-refractivity contribution in [2.75, 3.05) is 18.6 Å². The van der Waals surface area contributed by atoms with Crippen molar-refractivity contribution in [3.8, 4) is 5.75 Å². The molecule has 0 aliphatic carbocycles. The zero-order valence-corrected chi connectivity index (χ0v) is 21.6. The van der Waals surface area contributed by atoms with E-state index in [9.17, 15) is 19.5 Å². The van der Waals surface area contributed by atoms with Gasteiger partial charge in [0.15, 0.2) is 22.9 Å². The molecule has 39 heavy (non-hydrogen) atoms. The lowest BCUT2D eigenvalue weighted by Gasteiger charge is -2.26. The molecule has 1 unspecified atom stereocenters. The Morgan fingerprint density at radius 1 is 1.10 bits per heavy atom. The van der Waals surface area contributed by atoms with Crippen molar-refractivity contribution in [3.05, 3.63) is 101 Å². The van der Waals surface area contributed by atoms with E-state index in [0.717, 1.165) is 0 Å². The number of aromatic nitrogens is 1. The first-order valence-corrected chi connectivity index (χ1v) is 12.3. The van der Waals surface area contributed by atoms with Crippen LogP contribution < -0.4 is 9.64 Å². The number of carbonyl (C=O) groups excluding carboxylic acids is 3. The van der Waals surface area contributed by atoms with Crippen LogP contribution in [0.5, 0.6) is 5.75 Å². The Hall–Kier alpha value is -4.92. The SMILES string of the molecule is COc1cccc2cc(C(=O)C3=C(O)C(=O)N(c4ccc(C(=O)OCC(C)C)cc4)C3c3cccnc3)oc12. The van der Waals surface area contributed by atoms with Gasteiger partial charge >= 0.3 is 5.97 Å². The van der Waals surface area contributed by atoms with E-state index in [2.05, 4.69) is 4.98 Å². The Morgan fingerprint density at radius 3 is 2.54 bits per heavy atom. The summed E-state index contributed by atoms with van der Waals surface area (Å²) in [6.45, 7) is 4.16. The molecule has 1 aliphatic rings. The van der Waals surface area contributed by atoms with Gasteiger partial charge < -0.3 is 19.0 Å². The molecule has 9 heteroatoms. The van der Waals surface area contributed by atoms with E-state index < -0.39 is 29.5 Å². The van der Waals surface area contributed by atoms with Gasteiger partial charge in [-0.15, -0.1) is 0 Å². The maximum Gasteiger partial charge on any atom is 0.338 e. The number of para-hydroxylation sites is 1. The van der Waals surface area contributed by atoms with Gasteiger partial charge in [0.1, 0.15) is 0 Å². The first kappa shape index (κ1) is 25.7. The standard InChI is InChI=1S/C30H26N2O7/c1-17(2)16-38-30(36)18-9-11-21(12-10-18)32-25(20-7-5-13-31-15-20)24(27(34)29(32)35)26(33)23-14-19-6-4-8-22(37-3)28(19)39-23/h4-15,17,25,34H,16H2,1-3H3. The van der Waals surface area contributed by atoms with Crippen molar-refractivity contribution in [2.45, 2.75) is 19.9 Å². The van der Waals surface area contributed by atoms with E-state index in [1.54, 1.807) is 54.7 Å². The predicted molar refractivity (Wildman–Crippen MR) is 143 cm³/mol. The molecule has 5 rings (SSSR count). The highest BCUT2D eigenvalue weighted by atomic mass is 16.5. The average Bonchev–Trinajstić information content (AvgIpc) is 3.51. The maximum atomic E-state index is 13.8. The number of amides is 1. The Balaban J connectivity index is 1.54. The molecule has 3 heterocycles. The van der Waals surface area contributed by atoms with Gasteiger partial charge in [0.25, 0.3) is 5.91 Å². The van der Waals surface area contributed by atoms with Crippen LogP contribution in [0.4, 0.5) is 5.69 Å². The van der Waals surface area contributed by atoms with Crippen LogP contribution in [-0.2, 0) is 9.53 Å². The summed E-state index contributed by atoms with van der Waals surface area (Å²) in [6.07, 6.45) is 3.09. The summed E-state index contributed by atoms with van der Waals surface area (Å²) in [7, 11) is 1.49. The summed E-state index contributed by atoms with van der Waals surface area (Å²) in [5, 5.41) is 11.6. The molecule has 9 nitrogen and oxygen atoms in total. The number of ether oxygens (including phenoxy) is 2. The minimum absolute atomic E-state index is 0.0529. The van der Waals surface area contributed by atoms with Gasteiger partial charge in [0.2, 0.25) is 5.78 Å². The second kappa shape index (κ2) is 10.4. The number of hydrogen-bond donors (Lipinski definition) is 1. The first-order chi connectivity index (χ1) is 18.8. The summed E-state index contributed by atoms with van der Waals surface area (Å²) in [5.74, 6) is -2.01. The highest BCUT2D eigenvalue weighted by Crippen LogP contribution is 2.42. The molecular weight excluding hydrogens is 500 g/mol. The number of nitrogens with zero attached hydrogens (tertiary/aromatic N) is 2. The monoisotopic (exact) mass is 526 g/mol. The molecular formula is C30H26N2O7. The van der Waals surface area contributed by atoms with Crippen LogP contribution in [0.2, 0.25) is 0 Å². The van der Waals surface area contributed by atoms with Crippen molar-refractivity contribution in [2.24, 2.45) is 5.92 Å². The van der Waals surface area contributed by atoms with E-state index in [-0.39, 0.29) is 23.9 Å². The number of rotatable bonds is 8. The predicted octanol–water partition coefficient (Wildman–Crippen LogP) is 5.43. The number of methoxy groups -OCH3 is 1. The lowest BCUT2D eigenvalue weighted by molar-refractivity contribution is -0.117. The van der Waals surface area contributed by atoms with Crippen LogP contribution in [0, 0.1) is 5.92 Å². The van der Waals surface area contributed by atoms with E-state index in [0.29, 0.717) is 33.5 Å². The number of hydrogen-bond acceptors (Lipinski definition) is 8. The van der Waals surface area contributed by atoms with Gasteiger partial charge in [-0.25, -0.2) is 4.79 Å². The normalized spacial score (nSPS) is 15.3. The molecule has 0 saturated carbocycles. The zero-order valence-electron chi connectivity index (χ0n) is 21.6. The number of pyridine rings is 1. The fourth-order valence-electron chi connectivity index (χ4n) is 4.48. The molecule has 1 N–H and O–H groups in total. The zero-order chi connectivity index (χ0) is 27.7. The molecule has 0 saturated heterocycles. The van der Waals surface area contributed by atoms with Gasteiger partial charge in [-0.05, 0) is 53.9 Å². The third-order valence-corrected chi connectivity index (χ3v) is 6.33. The Bertz CT molecular complexity index is 1590. The lowest BCUT2D eigenvalue weighted by atomic mass is 9.96. The summed E-state index contributed by atoms with van der Waals surface area (Å²) >= 11 is 0. The summed E-state index contributed by atoms with van der Waals surface area (Å²) in [4.78, 5) is 45.0. The number of ketones is 1. The van der Waals surface area contributed by atoms with Crippen LogP contribution in [0.15, 0.2) is 88.8 Å². The van der Waals surface area contributed by atoms with Crippen LogP contribution in [0.1, 0.15) is 46.4 Å². The van der Waals surface area contributed by atoms with E-state index in [4.69, 9.17) is 13.9 Å². The molecule has 2 aromatic carbocycles. The number of carbonyl (C=O) groups is 3. The molecule has 1 aliphatic heterocycles. The van der Waals surface area contributed by atoms with E-state index in [1.807, 2.05) is 13.8 Å². The van der Waals surface area contributed by atoms with Gasteiger partial charge in [0.05, 0.1) is 30.9 Å². The van der Waals surface area contributed by atoms with Crippen molar-refractivity contribution in [3.63, 3.8) is 0 Å². The third kappa shape index (κ3) is 4.74. The van der Waals surface area contributed by atoms with Crippen molar-refractivity contribution in [1.29, 1.82) is 0 Å². The van der Waals surface area contributed by atoms with Gasteiger partial charge in [-0.1, -0.05) is 32.0 Å². The number of esters is 1. The Kier molecular flexibility index (Phi) is 6.89. The third-order valence-electron chi connectivity index (χ3n) is 6.33. The number of anilines is 1. The molecule has 1 atom stereocenters. The minimum atomic E-state index is -0.993. The topological polar surface area (TPSA) is 119 Å². The van der Waals surface area contributed by atoms with Crippen LogP contribution >= 0.6 is 0 Å². The van der Waals surface area contributed by atoms with Crippen molar-refractivity contribution < 1.29 is 33.4 Å². The van der Waals surface area contributed by atoms with Crippen molar-refractivity contribution >= 4 is 34.3 Å². The quantitative estimate of drug-likeness (QED) is 0.238. The largest absolute Gasteiger partial charge is 0.503 e. The molecule has 1 amide bonds. The molecule has 198 valence electrons. The summed E-state index contributed by atoms with van der Waals surface area (Å²) < 4.78 is 16.5. The molecule has 2 aromatic heterocycles. The molecule has 4 aromatic rings. The van der Waals surface area contributed by atoms with E-state index in [1.165, 1.54) is 30.3 Å². The van der Waals surface area contributed by atoms with Crippen LogP contribution in [0.25, 0.3) is 11.0 Å².